The number of hydrogen-bond donors (Lipinski definition) is 2. The molecule has 1 heterocycles. The van der Waals surface area contributed by atoms with Gasteiger partial charge in [0.05, 0.1) is 6.54 Å². The topological polar surface area (TPSA) is 97.1 Å². The average Bonchev–Trinajstić information content (AvgIpc) is 3.25. The lowest BCUT2D eigenvalue weighted by atomic mass is 10.1. The Bertz CT molecular complexity index is 689. The summed E-state index contributed by atoms with van der Waals surface area (Å²) in [6.07, 6.45) is 2.20. The molecule has 1 aromatic heterocycles. The van der Waals surface area contributed by atoms with Gasteiger partial charge in [-0.3, -0.25) is 4.79 Å². The van der Waals surface area contributed by atoms with E-state index in [1.165, 1.54) is 6.92 Å². The highest BCUT2D eigenvalue weighted by Gasteiger charge is 2.28. The zero-order valence-electron chi connectivity index (χ0n) is 12.1. The molecule has 2 aromatic rings. The van der Waals surface area contributed by atoms with Gasteiger partial charge in [-0.05, 0) is 44.0 Å². The second-order valence-electron chi connectivity index (χ2n) is 5.26. The van der Waals surface area contributed by atoms with E-state index in [0.717, 1.165) is 18.7 Å². The zero-order chi connectivity index (χ0) is 15.5. The van der Waals surface area contributed by atoms with Crippen molar-refractivity contribution in [3.8, 4) is 0 Å². The first-order valence-electron chi connectivity index (χ1n) is 7.10. The molecule has 1 saturated carbocycles. The van der Waals surface area contributed by atoms with Crippen molar-refractivity contribution in [3.05, 3.63) is 41.5 Å². The van der Waals surface area contributed by atoms with Gasteiger partial charge in [-0.15, -0.1) is 0 Å². The lowest BCUT2D eigenvalue weighted by molar-refractivity contribution is 0.101. The lowest BCUT2D eigenvalue weighted by Crippen LogP contribution is -2.28. The van der Waals surface area contributed by atoms with Crippen molar-refractivity contribution in [1.29, 1.82) is 0 Å². The number of carbonyl (C=O) groups is 2. The van der Waals surface area contributed by atoms with E-state index >= 15 is 0 Å². The van der Waals surface area contributed by atoms with Gasteiger partial charge in [-0.1, -0.05) is 5.16 Å². The van der Waals surface area contributed by atoms with E-state index in [2.05, 4.69) is 20.8 Å². The molecule has 0 bridgehead atoms. The fourth-order valence-electron chi connectivity index (χ4n) is 1.97. The fraction of sp³-hybridized carbons (Fsp3) is 0.333. The maximum atomic E-state index is 11.8. The third-order valence-electron chi connectivity index (χ3n) is 3.38. The van der Waals surface area contributed by atoms with Gasteiger partial charge in [0.15, 0.2) is 11.6 Å². The van der Waals surface area contributed by atoms with E-state index in [9.17, 15) is 9.59 Å². The van der Waals surface area contributed by atoms with E-state index in [4.69, 9.17) is 4.52 Å². The predicted molar refractivity (Wildman–Crippen MR) is 78.6 cm³/mol. The quantitative estimate of drug-likeness (QED) is 0.827. The van der Waals surface area contributed by atoms with Gasteiger partial charge in [0.2, 0.25) is 5.89 Å². The van der Waals surface area contributed by atoms with E-state index < -0.39 is 0 Å². The fourth-order valence-corrected chi connectivity index (χ4v) is 1.97. The minimum absolute atomic E-state index is 0.0149. The molecule has 1 aromatic carbocycles. The molecule has 3 rings (SSSR count). The maximum absolute atomic E-state index is 11.8. The Morgan fingerprint density at radius 3 is 2.64 bits per heavy atom. The van der Waals surface area contributed by atoms with Gasteiger partial charge in [-0.2, -0.15) is 4.98 Å². The molecule has 0 atom stereocenters. The third kappa shape index (κ3) is 3.49. The summed E-state index contributed by atoms with van der Waals surface area (Å²) in [5.74, 6) is 1.52. The normalized spacial score (nSPS) is 13.7. The Hall–Kier alpha value is -2.70. The Balaban J connectivity index is 1.49. The number of nitrogens with zero attached hydrogens (tertiary/aromatic N) is 2. The number of anilines is 1. The summed E-state index contributed by atoms with van der Waals surface area (Å²) >= 11 is 0. The van der Waals surface area contributed by atoms with Crippen LogP contribution in [0.5, 0.6) is 0 Å². The average molecular weight is 300 g/mol. The molecule has 7 heteroatoms. The van der Waals surface area contributed by atoms with Crippen molar-refractivity contribution in [2.45, 2.75) is 32.2 Å². The van der Waals surface area contributed by atoms with Crippen molar-refractivity contribution < 1.29 is 14.1 Å². The molecule has 1 aliphatic carbocycles. The highest BCUT2D eigenvalue weighted by atomic mass is 16.5. The molecule has 7 nitrogen and oxygen atoms in total. The third-order valence-corrected chi connectivity index (χ3v) is 3.38. The lowest BCUT2D eigenvalue weighted by Gasteiger charge is -2.06. The van der Waals surface area contributed by atoms with Crippen molar-refractivity contribution >= 4 is 17.5 Å². The standard InChI is InChI=1S/C15H16N4O3/c1-9(20)10-4-6-12(7-5-10)17-15(21)16-8-13-18-14(19-22-13)11-2-3-11/h4-7,11H,2-3,8H2,1H3,(H2,16,17,21). The number of urea groups is 1. The monoisotopic (exact) mass is 300 g/mol. The number of nitrogens with one attached hydrogen (secondary N) is 2. The summed E-state index contributed by atoms with van der Waals surface area (Å²) in [5, 5.41) is 9.19. The largest absolute Gasteiger partial charge is 0.337 e. The molecule has 1 aliphatic rings. The molecule has 0 radical (unpaired) electrons. The summed E-state index contributed by atoms with van der Waals surface area (Å²) in [4.78, 5) is 27.2. The molecule has 0 unspecified atom stereocenters. The smallest absolute Gasteiger partial charge is 0.319 e. The van der Waals surface area contributed by atoms with Crippen LogP contribution in [0.1, 0.15) is 47.8 Å². The van der Waals surface area contributed by atoms with Gasteiger partial charge < -0.3 is 15.2 Å². The van der Waals surface area contributed by atoms with E-state index in [0.29, 0.717) is 23.1 Å². The van der Waals surface area contributed by atoms with Crippen LogP contribution in [0.2, 0.25) is 0 Å². The molecular formula is C15H16N4O3. The minimum atomic E-state index is -0.373. The van der Waals surface area contributed by atoms with Crippen LogP contribution in [0.4, 0.5) is 10.5 Å². The number of carbonyl (C=O) groups excluding carboxylic acids is 2. The van der Waals surface area contributed by atoms with E-state index in [1.54, 1.807) is 24.3 Å². The number of rotatable bonds is 5. The van der Waals surface area contributed by atoms with Crippen LogP contribution < -0.4 is 10.6 Å². The van der Waals surface area contributed by atoms with Gasteiger partial charge in [0.25, 0.3) is 0 Å². The second-order valence-corrected chi connectivity index (χ2v) is 5.26. The molecule has 2 N–H and O–H groups in total. The number of benzene rings is 1. The molecule has 1 fully saturated rings. The molecule has 0 spiro atoms. The van der Waals surface area contributed by atoms with Crippen molar-refractivity contribution in [2.75, 3.05) is 5.32 Å². The molecule has 114 valence electrons. The first kappa shape index (κ1) is 14.2. The van der Waals surface area contributed by atoms with Gasteiger partial charge in [0.1, 0.15) is 0 Å². The number of ketones is 1. The Labute approximate surface area is 127 Å². The Kier molecular flexibility index (Phi) is 3.86. The van der Waals surface area contributed by atoms with Crippen LogP contribution in [0.25, 0.3) is 0 Å². The van der Waals surface area contributed by atoms with E-state index in [-0.39, 0.29) is 18.4 Å². The SMILES string of the molecule is CC(=O)c1ccc(NC(=O)NCc2nc(C3CC3)no2)cc1. The number of amides is 2. The van der Waals surface area contributed by atoms with Gasteiger partial charge in [0, 0.05) is 17.2 Å². The predicted octanol–water partition coefficient (Wildman–Crippen LogP) is 2.47. The van der Waals surface area contributed by atoms with Crippen LogP contribution in [0.15, 0.2) is 28.8 Å². The summed E-state index contributed by atoms with van der Waals surface area (Å²) in [5.41, 5.74) is 1.20. The van der Waals surface area contributed by atoms with Crippen LogP contribution in [0, 0.1) is 0 Å². The van der Waals surface area contributed by atoms with Crippen molar-refractivity contribution in [2.24, 2.45) is 0 Å². The Morgan fingerprint density at radius 2 is 2.00 bits per heavy atom. The first-order valence-corrected chi connectivity index (χ1v) is 7.10. The Morgan fingerprint density at radius 1 is 1.27 bits per heavy atom. The van der Waals surface area contributed by atoms with Gasteiger partial charge in [-0.25, -0.2) is 4.79 Å². The molecule has 0 aliphatic heterocycles. The van der Waals surface area contributed by atoms with Crippen LogP contribution in [-0.2, 0) is 6.54 Å². The maximum Gasteiger partial charge on any atom is 0.319 e. The number of Topliss-reactive ketones (excluding diaryl/α,β-unsaturated/α-hetero) is 1. The van der Waals surface area contributed by atoms with Crippen LogP contribution in [0.3, 0.4) is 0 Å². The molecule has 22 heavy (non-hydrogen) atoms. The van der Waals surface area contributed by atoms with Crippen molar-refractivity contribution in [3.63, 3.8) is 0 Å². The summed E-state index contributed by atoms with van der Waals surface area (Å²) < 4.78 is 5.07. The summed E-state index contributed by atoms with van der Waals surface area (Å²) in [6, 6.07) is 6.31. The van der Waals surface area contributed by atoms with Crippen LogP contribution >= 0.6 is 0 Å². The highest BCUT2D eigenvalue weighted by molar-refractivity contribution is 5.95. The molecule has 2 amide bonds. The van der Waals surface area contributed by atoms with Crippen LogP contribution in [-0.4, -0.2) is 22.0 Å². The van der Waals surface area contributed by atoms with Gasteiger partial charge >= 0.3 is 6.03 Å². The minimum Gasteiger partial charge on any atom is -0.337 e. The summed E-state index contributed by atoms with van der Waals surface area (Å²) in [6.45, 7) is 1.67. The van der Waals surface area contributed by atoms with E-state index in [1.807, 2.05) is 0 Å². The summed E-state index contributed by atoms with van der Waals surface area (Å²) in [7, 11) is 0. The first-order chi connectivity index (χ1) is 10.6. The number of hydrogen-bond acceptors (Lipinski definition) is 5. The second kappa shape index (κ2) is 5.97. The highest BCUT2D eigenvalue weighted by Crippen LogP contribution is 2.37. The molecule has 0 saturated heterocycles. The van der Waals surface area contributed by atoms with Crippen molar-refractivity contribution in [1.82, 2.24) is 15.5 Å². The zero-order valence-corrected chi connectivity index (χ0v) is 12.1. The molecular weight excluding hydrogens is 284 g/mol. The number of aromatic nitrogens is 2.